The summed E-state index contributed by atoms with van der Waals surface area (Å²) < 4.78 is 7.20. The average Bonchev–Trinajstić information content (AvgIpc) is 3.04. The van der Waals surface area contributed by atoms with Gasteiger partial charge in [0.2, 0.25) is 5.95 Å². The van der Waals surface area contributed by atoms with Gasteiger partial charge in [-0.05, 0) is 12.1 Å². The van der Waals surface area contributed by atoms with Crippen LogP contribution in [0.5, 0.6) is 0 Å². The molecule has 1 aromatic heterocycles. The Bertz CT molecular complexity index is 767. The number of benzene rings is 1. The SMILES string of the molecule is C=CCNc1nc2cc(Cl)c(Cl)cc2n1[C@H]1O[C@@H](CO)[C@H](O)[C@@H]1O. The van der Waals surface area contributed by atoms with Crippen LogP contribution < -0.4 is 5.32 Å². The Hall–Kier alpha value is -1.35. The standard InChI is InChI=1S/C15H17Cl2N3O4/c1-2-3-18-15-19-9-4-7(16)8(17)5-10(9)20(15)14-13(23)12(22)11(6-21)24-14/h2,4-5,11-14,21-23H,1,3,6H2,(H,18,19)/t11-,12-,13-,14-/m0/s1. The van der Waals surface area contributed by atoms with Gasteiger partial charge in [-0.25, -0.2) is 4.98 Å². The van der Waals surface area contributed by atoms with E-state index in [1.807, 2.05) is 0 Å². The molecule has 0 saturated carbocycles. The van der Waals surface area contributed by atoms with Crippen LogP contribution in [0.1, 0.15) is 6.23 Å². The predicted molar refractivity (Wildman–Crippen MR) is 91.4 cm³/mol. The summed E-state index contributed by atoms with van der Waals surface area (Å²) in [6, 6.07) is 3.22. The zero-order chi connectivity index (χ0) is 17.4. The van der Waals surface area contributed by atoms with Crippen molar-refractivity contribution in [1.82, 2.24) is 9.55 Å². The van der Waals surface area contributed by atoms with Crippen LogP contribution in [0.15, 0.2) is 24.8 Å². The first-order valence-corrected chi connectivity index (χ1v) is 8.07. The third kappa shape index (κ3) is 2.88. The second-order valence-electron chi connectivity index (χ2n) is 5.46. The normalized spacial score (nSPS) is 26.9. The van der Waals surface area contributed by atoms with Crippen LogP contribution >= 0.6 is 23.2 Å². The highest BCUT2D eigenvalue weighted by Crippen LogP contribution is 2.37. The largest absolute Gasteiger partial charge is 0.394 e. The number of aliphatic hydroxyl groups excluding tert-OH is 3. The van der Waals surface area contributed by atoms with Crippen LogP contribution in [-0.2, 0) is 4.74 Å². The Kier molecular flexibility index (Phi) is 5.00. The Labute approximate surface area is 148 Å². The number of aromatic nitrogens is 2. The summed E-state index contributed by atoms with van der Waals surface area (Å²) in [6.45, 7) is 3.66. The summed E-state index contributed by atoms with van der Waals surface area (Å²) in [5.41, 5.74) is 1.12. The van der Waals surface area contributed by atoms with E-state index in [-0.39, 0.29) is 0 Å². The molecule has 1 aliphatic heterocycles. The molecule has 4 N–H and O–H groups in total. The van der Waals surface area contributed by atoms with E-state index in [0.29, 0.717) is 33.6 Å². The number of rotatable bonds is 5. The van der Waals surface area contributed by atoms with Crippen molar-refractivity contribution < 1.29 is 20.1 Å². The number of hydrogen-bond donors (Lipinski definition) is 4. The van der Waals surface area contributed by atoms with E-state index in [2.05, 4.69) is 16.9 Å². The number of nitrogens with one attached hydrogen (secondary N) is 1. The molecule has 7 nitrogen and oxygen atoms in total. The number of imidazole rings is 1. The van der Waals surface area contributed by atoms with Gasteiger partial charge < -0.3 is 25.4 Å². The van der Waals surface area contributed by atoms with E-state index < -0.39 is 31.1 Å². The van der Waals surface area contributed by atoms with Gasteiger partial charge in [-0.1, -0.05) is 29.3 Å². The highest BCUT2D eigenvalue weighted by atomic mass is 35.5. The van der Waals surface area contributed by atoms with E-state index in [9.17, 15) is 15.3 Å². The van der Waals surface area contributed by atoms with Gasteiger partial charge in [-0.2, -0.15) is 0 Å². The van der Waals surface area contributed by atoms with E-state index in [4.69, 9.17) is 27.9 Å². The topological polar surface area (TPSA) is 99.8 Å². The van der Waals surface area contributed by atoms with Crippen molar-refractivity contribution in [2.75, 3.05) is 18.5 Å². The number of nitrogens with zero attached hydrogens (tertiary/aromatic N) is 2. The van der Waals surface area contributed by atoms with Crippen LogP contribution in [0.2, 0.25) is 10.0 Å². The van der Waals surface area contributed by atoms with Crippen molar-refractivity contribution in [3.05, 3.63) is 34.8 Å². The second kappa shape index (κ2) is 6.87. The van der Waals surface area contributed by atoms with Crippen molar-refractivity contribution >= 4 is 40.2 Å². The summed E-state index contributed by atoms with van der Waals surface area (Å²) in [4.78, 5) is 4.43. The Morgan fingerprint density at radius 1 is 1.29 bits per heavy atom. The molecule has 3 rings (SSSR count). The van der Waals surface area contributed by atoms with E-state index >= 15 is 0 Å². The van der Waals surface area contributed by atoms with E-state index in [0.717, 1.165) is 0 Å². The molecule has 130 valence electrons. The molecule has 4 atom stereocenters. The molecular formula is C15H17Cl2N3O4. The molecule has 1 aliphatic rings. The minimum absolute atomic E-state index is 0.326. The van der Waals surface area contributed by atoms with Gasteiger partial charge in [0.05, 0.1) is 27.7 Å². The fraction of sp³-hybridized carbons (Fsp3) is 0.400. The number of ether oxygens (including phenoxy) is 1. The lowest BCUT2D eigenvalue weighted by atomic mass is 10.1. The van der Waals surface area contributed by atoms with Gasteiger partial charge in [0.1, 0.15) is 18.3 Å². The number of hydrogen-bond acceptors (Lipinski definition) is 6. The van der Waals surface area contributed by atoms with Crippen LogP contribution in [-0.4, -0.2) is 56.3 Å². The maximum Gasteiger partial charge on any atom is 0.206 e. The molecule has 0 spiro atoms. The minimum atomic E-state index is -1.24. The fourth-order valence-electron chi connectivity index (χ4n) is 2.73. The summed E-state index contributed by atoms with van der Waals surface area (Å²) in [7, 11) is 0. The van der Waals surface area contributed by atoms with Gasteiger partial charge in [0.15, 0.2) is 6.23 Å². The van der Waals surface area contributed by atoms with Crippen LogP contribution in [0.4, 0.5) is 5.95 Å². The third-order valence-electron chi connectivity index (χ3n) is 3.91. The van der Waals surface area contributed by atoms with Crippen molar-refractivity contribution in [1.29, 1.82) is 0 Å². The number of aliphatic hydroxyl groups is 3. The summed E-state index contributed by atoms with van der Waals surface area (Å²) in [6.07, 6.45) is -2.63. The van der Waals surface area contributed by atoms with E-state index in [1.54, 1.807) is 22.8 Å². The monoisotopic (exact) mass is 373 g/mol. The quantitative estimate of drug-likeness (QED) is 0.593. The molecule has 0 aliphatic carbocycles. The third-order valence-corrected chi connectivity index (χ3v) is 4.63. The minimum Gasteiger partial charge on any atom is -0.394 e. The van der Waals surface area contributed by atoms with Crippen molar-refractivity contribution in [2.24, 2.45) is 0 Å². The molecule has 2 heterocycles. The first-order valence-electron chi connectivity index (χ1n) is 7.32. The van der Waals surface area contributed by atoms with Crippen molar-refractivity contribution in [3.8, 4) is 0 Å². The molecular weight excluding hydrogens is 357 g/mol. The van der Waals surface area contributed by atoms with Crippen molar-refractivity contribution in [3.63, 3.8) is 0 Å². The summed E-state index contributed by atoms with van der Waals surface area (Å²) >= 11 is 12.1. The first-order chi connectivity index (χ1) is 11.5. The van der Waals surface area contributed by atoms with Crippen LogP contribution in [0, 0.1) is 0 Å². The average molecular weight is 374 g/mol. The second-order valence-corrected chi connectivity index (χ2v) is 6.27. The highest BCUT2D eigenvalue weighted by Gasteiger charge is 2.44. The zero-order valence-electron chi connectivity index (χ0n) is 12.6. The smallest absolute Gasteiger partial charge is 0.206 e. The lowest BCUT2D eigenvalue weighted by Crippen LogP contribution is -2.33. The Morgan fingerprint density at radius 3 is 2.62 bits per heavy atom. The lowest BCUT2D eigenvalue weighted by Gasteiger charge is -2.20. The van der Waals surface area contributed by atoms with Gasteiger partial charge in [-0.15, -0.1) is 6.58 Å². The molecule has 9 heteroatoms. The van der Waals surface area contributed by atoms with Crippen molar-refractivity contribution in [2.45, 2.75) is 24.5 Å². The van der Waals surface area contributed by atoms with E-state index in [1.165, 1.54) is 0 Å². The molecule has 0 unspecified atom stereocenters. The molecule has 1 fully saturated rings. The summed E-state index contributed by atoms with van der Waals surface area (Å²) in [5.74, 6) is 0.401. The molecule has 2 aromatic rings. The van der Waals surface area contributed by atoms with Gasteiger partial charge in [0.25, 0.3) is 0 Å². The van der Waals surface area contributed by atoms with Gasteiger partial charge in [0, 0.05) is 6.54 Å². The fourth-order valence-corrected chi connectivity index (χ4v) is 3.05. The van der Waals surface area contributed by atoms with Gasteiger partial charge in [-0.3, -0.25) is 4.57 Å². The predicted octanol–water partition coefficient (Wildman–Crippen LogP) is 1.55. The lowest BCUT2D eigenvalue weighted by molar-refractivity contribution is -0.0499. The molecule has 0 amide bonds. The maximum absolute atomic E-state index is 10.3. The number of fused-ring (bicyclic) bond motifs is 1. The molecule has 0 radical (unpaired) electrons. The summed E-state index contributed by atoms with van der Waals surface area (Å²) in [5, 5.41) is 33.3. The Balaban J connectivity index is 2.13. The maximum atomic E-state index is 10.3. The molecule has 1 saturated heterocycles. The highest BCUT2D eigenvalue weighted by molar-refractivity contribution is 6.42. The number of anilines is 1. The molecule has 1 aromatic carbocycles. The molecule has 0 bridgehead atoms. The number of halogens is 2. The zero-order valence-corrected chi connectivity index (χ0v) is 14.1. The van der Waals surface area contributed by atoms with Crippen LogP contribution in [0.3, 0.4) is 0 Å². The first kappa shape index (κ1) is 17.5. The van der Waals surface area contributed by atoms with Gasteiger partial charge >= 0.3 is 0 Å². The molecule has 24 heavy (non-hydrogen) atoms. The Morgan fingerprint density at radius 2 is 2.00 bits per heavy atom. The van der Waals surface area contributed by atoms with Crippen LogP contribution in [0.25, 0.3) is 11.0 Å².